The van der Waals surface area contributed by atoms with E-state index in [2.05, 4.69) is 30.3 Å². The average Bonchev–Trinajstić information content (AvgIpc) is 2.81. The lowest BCUT2D eigenvalue weighted by Crippen LogP contribution is -2.39. The van der Waals surface area contributed by atoms with Gasteiger partial charge in [0.05, 0.1) is 23.5 Å². The molecule has 2 aromatic rings. The third-order valence-electron chi connectivity index (χ3n) is 4.21. The van der Waals surface area contributed by atoms with Crippen LogP contribution in [-0.2, 0) is 17.1 Å². The van der Waals surface area contributed by atoms with Crippen LogP contribution in [0.15, 0.2) is 51.6 Å². The molecule has 198 valence electrons. The molecule has 37 heavy (non-hydrogen) atoms. The number of amides is 2. The van der Waals surface area contributed by atoms with Crippen LogP contribution < -0.4 is 11.1 Å². The molecule has 0 bridgehead atoms. The Labute approximate surface area is 206 Å². The summed E-state index contributed by atoms with van der Waals surface area (Å²) in [5.41, 5.74) is 1.40. The monoisotopic (exact) mass is 530 g/mol. The zero-order valence-corrected chi connectivity index (χ0v) is 19.5. The van der Waals surface area contributed by atoms with Gasteiger partial charge < -0.3 is 16.0 Å². The molecule has 0 fully saturated rings. The lowest BCUT2D eigenvalue weighted by atomic mass is 10.0. The maximum atomic E-state index is 13.2. The van der Waals surface area contributed by atoms with Crippen LogP contribution in [0.1, 0.15) is 28.4 Å². The van der Waals surface area contributed by atoms with Gasteiger partial charge >= 0.3 is 18.3 Å². The Hall–Kier alpha value is -4.37. The molecule has 0 aliphatic carbocycles. The van der Waals surface area contributed by atoms with Crippen LogP contribution in [0.2, 0.25) is 0 Å². The van der Waals surface area contributed by atoms with E-state index >= 15 is 0 Å². The predicted octanol–water partition coefficient (Wildman–Crippen LogP) is 2.84. The second-order valence-corrected chi connectivity index (χ2v) is 7.52. The van der Waals surface area contributed by atoms with Gasteiger partial charge in [-0.1, -0.05) is 0 Å². The highest BCUT2D eigenvalue weighted by molar-refractivity contribution is 6.40. The van der Waals surface area contributed by atoms with Crippen molar-refractivity contribution in [2.24, 2.45) is 20.7 Å². The minimum atomic E-state index is -5.15. The summed E-state index contributed by atoms with van der Waals surface area (Å²) in [5, 5.41) is 2.19. The maximum absolute atomic E-state index is 13.2. The summed E-state index contributed by atoms with van der Waals surface area (Å²) in [4.78, 5) is 45.2. The van der Waals surface area contributed by atoms with Crippen LogP contribution >= 0.6 is 0 Å². The lowest BCUT2D eigenvalue weighted by Gasteiger charge is -2.17. The van der Waals surface area contributed by atoms with Crippen molar-refractivity contribution < 1.29 is 35.9 Å². The molecule has 0 aliphatic heterocycles. The van der Waals surface area contributed by atoms with Crippen molar-refractivity contribution in [3.63, 3.8) is 0 Å². The van der Waals surface area contributed by atoms with Crippen molar-refractivity contribution in [1.82, 2.24) is 20.2 Å². The van der Waals surface area contributed by atoms with E-state index in [1.165, 1.54) is 30.3 Å². The molecule has 1 aromatic heterocycles. The Bertz CT molecular complexity index is 1190. The summed E-state index contributed by atoms with van der Waals surface area (Å²) in [6, 6.07) is 0.610. The zero-order valence-electron chi connectivity index (χ0n) is 19.5. The van der Waals surface area contributed by atoms with Crippen LogP contribution in [0.5, 0.6) is 0 Å². The van der Waals surface area contributed by atoms with E-state index in [-0.39, 0.29) is 30.0 Å². The van der Waals surface area contributed by atoms with Gasteiger partial charge in [0.15, 0.2) is 11.7 Å². The molecule has 2 rings (SSSR count). The number of alkyl halides is 6. The summed E-state index contributed by atoms with van der Waals surface area (Å²) in [5.74, 6) is -3.53. The second-order valence-electron chi connectivity index (χ2n) is 7.52. The number of nitrogens with two attached hydrogens (primary N) is 1. The van der Waals surface area contributed by atoms with Gasteiger partial charge in [0.1, 0.15) is 0 Å². The standard InChI is InChI=1S/C21H20F6N8O2/c1-11(32-17(36)12-7-13(20(22,23)24)9-14(8-12)21(25,26)27)16(34-19-29-5-4-6-30-19)33-15(28)18(37)31-10-35(2)3/h4-11H,1-3H3,(H,32,36)(H2,28,29,30,33,34). The van der Waals surface area contributed by atoms with Crippen LogP contribution in [0.4, 0.5) is 32.3 Å². The fourth-order valence-electron chi connectivity index (χ4n) is 2.51. The summed E-state index contributed by atoms with van der Waals surface area (Å²) in [7, 11) is 3.17. The maximum Gasteiger partial charge on any atom is 0.416 e. The number of amidine groups is 2. The molecule has 1 atom stereocenters. The Morgan fingerprint density at radius 2 is 1.57 bits per heavy atom. The van der Waals surface area contributed by atoms with Crippen molar-refractivity contribution in [3.05, 3.63) is 53.3 Å². The molecular weight excluding hydrogens is 510 g/mol. The van der Waals surface area contributed by atoms with Crippen molar-refractivity contribution in [2.75, 3.05) is 14.1 Å². The smallest absolute Gasteiger partial charge is 0.379 e. The highest BCUT2D eigenvalue weighted by atomic mass is 19.4. The Morgan fingerprint density at radius 1 is 1.03 bits per heavy atom. The van der Waals surface area contributed by atoms with Gasteiger partial charge in [-0.3, -0.25) is 9.59 Å². The average molecular weight is 530 g/mol. The first-order valence-corrected chi connectivity index (χ1v) is 10.1. The quantitative estimate of drug-likeness (QED) is 0.346. The molecule has 0 saturated carbocycles. The van der Waals surface area contributed by atoms with Gasteiger partial charge in [0.2, 0.25) is 0 Å². The third-order valence-corrected chi connectivity index (χ3v) is 4.21. The predicted molar refractivity (Wildman–Crippen MR) is 121 cm³/mol. The SMILES string of the molecule is CC(NC(=O)c1cc(C(F)(F)F)cc(C(F)(F)F)c1)C(N=C(N)C(=O)N=CN(C)C)=Nc1ncccn1. The Kier molecular flexibility index (Phi) is 9.03. The van der Waals surface area contributed by atoms with E-state index < -0.39 is 52.7 Å². The van der Waals surface area contributed by atoms with Crippen LogP contribution in [0.3, 0.4) is 0 Å². The van der Waals surface area contributed by atoms with E-state index in [0.29, 0.717) is 0 Å². The highest BCUT2D eigenvalue weighted by Gasteiger charge is 2.37. The minimum Gasteiger partial charge on any atom is -0.379 e. The van der Waals surface area contributed by atoms with Crippen molar-refractivity contribution in [1.29, 1.82) is 0 Å². The number of nitrogens with one attached hydrogen (secondary N) is 1. The van der Waals surface area contributed by atoms with Gasteiger partial charge in [-0.15, -0.1) is 0 Å². The number of hydrogen-bond acceptors (Lipinski definition) is 5. The topological polar surface area (TPSA) is 138 Å². The summed E-state index contributed by atoms with van der Waals surface area (Å²) < 4.78 is 78.9. The summed E-state index contributed by atoms with van der Waals surface area (Å²) in [6.07, 6.45) is -6.53. The molecule has 1 aromatic carbocycles. The van der Waals surface area contributed by atoms with Gasteiger partial charge in [0.25, 0.3) is 11.9 Å². The van der Waals surface area contributed by atoms with Crippen LogP contribution in [0, 0.1) is 0 Å². The number of aromatic nitrogens is 2. The number of benzene rings is 1. The number of hydrogen-bond donors (Lipinski definition) is 2. The normalized spacial score (nSPS) is 14.0. The Balaban J connectivity index is 2.46. The second kappa shape index (κ2) is 11.6. The first-order valence-electron chi connectivity index (χ1n) is 10.1. The first-order chi connectivity index (χ1) is 17.1. The molecule has 10 nitrogen and oxygen atoms in total. The number of halogens is 6. The summed E-state index contributed by atoms with van der Waals surface area (Å²) in [6.45, 7) is 1.25. The minimum absolute atomic E-state index is 0.106. The number of rotatable bonds is 5. The lowest BCUT2D eigenvalue weighted by molar-refractivity contribution is -0.143. The van der Waals surface area contributed by atoms with E-state index in [1.54, 1.807) is 14.1 Å². The third kappa shape index (κ3) is 8.66. The van der Waals surface area contributed by atoms with Gasteiger partial charge in [-0.25, -0.2) is 15.0 Å². The van der Waals surface area contributed by atoms with Crippen molar-refractivity contribution >= 4 is 35.8 Å². The number of aliphatic imine (C=N–C) groups is 3. The fourth-order valence-corrected chi connectivity index (χ4v) is 2.51. The van der Waals surface area contributed by atoms with Gasteiger partial charge in [0, 0.05) is 32.1 Å². The molecular formula is C21H20F6N8O2. The number of carbonyl (C=O) groups is 2. The molecule has 0 aliphatic rings. The van der Waals surface area contributed by atoms with Gasteiger partial charge in [-0.2, -0.15) is 36.3 Å². The van der Waals surface area contributed by atoms with Gasteiger partial charge in [-0.05, 0) is 31.2 Å². The van der Waals surface area contributed by atoms with E-state index in [4.69, 9.17) is 5.73 Å². The van der Waals surface area contributed by atoms with E-state index in [9.17, 15) is 35.9 Å². The van der Waals surface area contributed by atoms with Crippen molar-refractivity contribution in [2.45, 2.75) is 25.3 Å². The largest absolute Gasteiger partial charge is 0.416 e. The zero-order chi connectivity index (χ0) is 28.0. The molecule has 0 radical (unpaired) electrons. The molecule has 3 N–H and O–H groups in total. The Morgan fingerprint density at radius 3 is 2.05 bits per heavy atom. The highest BCUT2D eigenvalue weighted by Crippen LogP contribution is 2.36. The van der Waals surface area contributed by atoms with Crippen LogP contribution in [-0.4, -0.2) is 64.8 Å². The fraction of sp³-hybridized carbons (Fsp3) is 0.286. The van der Waals surface area contributed by atoms with E-state index in [1.807, 2.05) is 0 Å². The number of carbonyl (C=O) groups excluding carboxylic acids is 2. The molecule has 0 saturated heterocycles. The molecule has 1 heterocycles. The first kappa shape index (κ1) is 28.9. The molecule has 16 heteroatoms. The number of nitrogens with zero attached hydrogens (tertiary/aromatic N) is 6. The molecule has 0 spiro atoms. The van der Waals surface area contributed by atoms with Crippen molar-refractivity contribution in [3.8, 4) is 0 Å². The van der Waals surface area contributed by atoms with E-state index in [0.717, 1.165) is 6.34 Å². The van der Waals surface area contributed by atoms with Crippen LogP contribution in [0.25, 0.3) is 0 Å². The molecule has 2 amide bonds. The molecule has 1 unspecified atom stereocenters. The summed E-state index contributed by atoms with van der Waals surface area (Å²) >= 11 is 0.